The van der Waals surface area contributed by atoms with Gasteiger partial charge < -0.3 is 4.90 Å². The van der Waals surface area contributed by atoms with Crippen LogP contribution >= 0.6 is 0 Å². The predicted octanol–water partition coefficient (Wildman–Crippen LogP) is 2.77. The first-order chi connectivity index (χ1) is 12.6. The van der Waals surface area contributed by atoms with Crippen LogP contribution in [0.1, 0.15) is 42.1 Å². The first-order valence-electron chi connectivity index (χ1n) is 9.40. The highest BCUT2D eigenvalue weighted by Gasteiger charge is 2.50. The summed E-state index contributed by atoms with van der Waals surface area (Å²) < 4.78 is 0. The molecule has 0 bridgehead atoms. The maximum absolute atomic E-state index is 12.9. The molecule has 2 aromatic rings. The Balaban J connectivity index is 1.44. The zero-order valence-corrected chi connectivity index (χ0v) is 15.6. The van der Waals surface area contributed by atoms with Gasteiger partial charge in [-0.3, -0.25) is 19.7 Å². The van der Waals surface area contributed by atoms with Crippen molar-refractivity contribution in [3.8, 4) is 0 Å². The van der Waals surface area contributed by atoms with Gasteiger partial charge in [0.05, 0.1) is 11.6 Å². The molecule has 1 atom stereocenters. The lowest BCUT2D eigenvalue weighted by atomic mass is 9.81. The molecule has 4 heterocycles. The summed E-state index contributed by atoms with van der Waals surface area (Å²) in [5.41, 5.74) is 3.24. The van der Waals surface area contributed by atoms with E-state index < -0.39 is 0 Å². The molecule has 0 N–H and O–H groups in total. The van der Waals surface area contributed by atoms with E-state index in [9.17, 15) is 4.79 Å². The maximum Gasteiger partial charge on any atom is 0.230 e. The molecule has 0 aliphatic carbocycles. The number of hydrogen-bond donors (Lipinski definition) is 0. The highest BCUT2D eigenvalue weighted by Crippen LogP contribution is 2.44. The van der Waals surface area contributed by atoms with Crippen LogP contribution in [0, 0.1) is 6.92 Å². The minimum Gasteiger partial charge on any atom is -0.339 e. The highest BCUT2D eigenvalue weighted by atomic mass is 16.2. The number of carbonyl (C=O) groups is 1. The Bertz CT molecular complexity index is 784. The third-order valence-electron chi connectivity index (χ3n) is 6.13. The molecular formula is C21H26N4O. The number of rotatable bonds is 3. The Kier molecular flexibility index (Phi) is 4.49. The van der Waals surface area contributed by atoms with Crippen LogP contribution in [0.3, 0.4) is 0 Å². The largest absolute Gasteiger partial charge is 0.339 e. The van der Waals surface area contributed by atoms with Crippen molar-refractivity contribution in [2.45, 2.75) is 44.2 Å². The molecule has 4 rings (SSSR count). The van der Waals surface area contributed by atoms with Crippen LogP contribution in [0.2, 0.25) is 0 Å². The van der Waals surface area contributed by atoms with Crippen molar-refractivity contribution in [3.63, 3.8) is 0 Å². The molecule has 2 aliphatic heterocycles. The van der Waals surface area contributed by atoms with Gasteiger partial charge in [0.1, 0.15) is 0 Å². The van der Waals surface area contributed by atoms with Gasteiger partial charge in [0, 0.05) is 50.3 Å². The molecule has 0 radical (unpaired) electrons. The standard InChI is InChI=1S/C21H26N4O/c1-16-5-3-7-18(23-16)15-25-11-8-21(9-12-25)13-19(20(26)24(21)2)17-6-4-10-22-14-17/h3-7,10,14,19H,8-9,11-13,15H2,1-2H3/t19-/m0/s1. The third kappa shape index (κ3) is 3.12. The SMILES string of the molecule is Cc1cccc(CN2CCC3(CC2)C[C@@H](c2cccnc2)C(=O)N3C)n1. The van der Waals surface area contributed by atoms with E-state index in [1.807, 2.05) is 43.3 Å². The van der Waals surface area contributed by atoms with Gasteiger partial charge in [-0.05, 0) is 49.9 Å². The van der Waals surface area contributed by atoms with Crippen LogP contribution in [-0.2, 0) is 11.3 Å². The number of pyridine rings is 2. The van der Waals surface area contributed by atoms with Gasteiger partial charge in [-0.2, -0.15) is 0 Å². The minimum absolute atomic E-state index is 0.00583. The van der Waals surface area contributed by atoms with Crippen LogP contribution < -0.4 is 0 Å². The monoisotopic (exact) mass is 350 g/mol. The van der Waals surface area contributed by atoms with Gasteiger partial charge in [0.25, 0.3) is 0 Å². The van der Waals surface area contributed by atoms with Gasteiger partial charge in [0.15, 0.2) is 0 Å². The quantitative estimate of drug-likeness (QED) is 0.854. The fraction of sp³-hybridized carbons (Fsp3) is 0.476. The van der Waals surface area contributed by atoms with Crippen LogP contribution in [0.15, 0.2) is 42.7 Å². The number of likely N-dealkylation sites (tertiary alicyclic amines) is 2. The number of nitrogens with zero attached hydrogens (tertiary/aromatic N) is 4. The Morgan fingerprint density at radius 2 is 2.00 bits per heavy atom. The molecule has 2 aromatic heterocycles. The fourth-order valence-corrected chi connectivity index (χ4v) is 4.50. The molecule has 1 spiro atoms. The van der Waals surface area contributed by atoms with Crippen LogP contribution in [0.5, 0.6) is 0 Å². The zero-order valence-electron chi connectivity index (χ0n) is 15.6. The summed E-state index contributed by atoms with van der Waals surface area (Å²) in [6.45, 7) is 4.94. The molecule has 136 valence electrons. The second-order valence-corrected chi connectivity index (χ2v) is 7.71. The van der Waals surface area contributed by atoms with E-state index in [1.54, 1.807) is 6.20 Å². The molecule has 26 heavy (non-hydrogen) atoms. The van der Waals surface area contributed by atoms with E-state index >= 15 is 0 Å². The lowest BCUT2D eigenvalue weighted by Crippen LogP contribution is -2.51. The Labute approximate surface area is 155 Å². The molecule has 0 aromatic carbocycles. The summed E-state index contributed by atoms with van der Waals surface area (Å²) in [5, 5.41) is 0. The number of amides is 1. The van der Waals surface area contributed by atoms with E-state index in [4.69, 9.17) is 0 Å². The van der Waals surface area contributed by atoms with E-state index in [1.165, 1.54) is 0 Å². The number of aromatic nitrogens is 2. The van der Waals surface area contributed by atoms with Crippen molar-refractivity contribution in [1.29, 1.82) is 0 Å². The van der Waals surface area contributed by atoms with Gasteiger partial charge >= 0.3 is 0 Å². The second kappa shape index (κ2) is 6.80. The number of piperidine rings is 1. The molecule has 5 heteroatoms. The second-order valence-electron chi connectivity index (χ2n) is 7.71. The van der Waals surface area contributed by atoms with Gasteiger partial charge in [0.2, 0.25) is 5.91 Å². The van der Waals surface area contributed by atoms with Gasteiger partial charge in [-0.1, -0.05) is 12.1 Å². The number of likely N-dealkylation sites (N-methyl/N-ethyl adjacent to an activating group) is 1. The fourth-order valence-electron chi connectivity index (χ4n) is 4.50. The normalized spacial score (nSPS) is 22.9. The lowest BCUT2D eigenvalue weighted by Gasteiger charge is -2.43. The van der Waals surface area contributed by atoms with Crippen LogP contribution in [0.25, 0.3) is 0 Å². The maximum atomic E-state index is 12.9. The van der Waals surface area contributed by atoms with Crippen molar-refractivity contribution < 1.29 is 4.79 Å². The summed E-state index contributed by atoms with van der Waals surface area (Å²) >= 11 is 0. The average Bonchev–Trinajstić information content (AvgIpc) is 2.90. The van der Waals surface area contributed by atoms with E-state index in [0.717, 1.165) is 55.8 Å². The molecule has 2 saturated heterocycles. The van der Waals surface area contributed by atoms with E-state index in [0.29, 0.717) is 0 Å². The molecule has 5 nitrogen and oxygen atoms in total. The van der Waals surface area contributed by atoms with Crippen molar-refractivity contribution in [2.75, 3.05) is 20.1 Å². The van der Waals surface area contributed by atoms with Crippen molar-refractivity contribution in [1.82, 2.24) is 19.8 Å². The summed E-state index contributed by atoms with van der Waals surface area (Å²) in [7, 11) is 1.98. The third-order valence-corrected chi connectivity index (χ3v) is 6.13. The molecule has 0 unspecified atom stereocenters. The summed E-state index contributed by atoms with van der Waals surface area (Å²) in [6, 6.07) is 10.2. The summed E-state index contributed by atoms with van der Waals surface area (Å²) in [4.78, 5) is 26.2. The average molecular weight is 350 g/mol. The Morgan fingerprint density at radius 1 is 1.19 bits per heavy atom. The minimum atomic E-state index is -0.0429. The smallest absolute Gasteiger partial charge is 0.230 e. The summed E-state index contributed by atoms with van der Waals surface area (Å²) in [5.74, 6) is 0.200. The molecule has 0 saturated carbocycles. The predicted molar refractivity (Wildman–Crippen MR) is 101 cm³/mol. The molecule has 2 fully saturated rings. The van der Waals surface area contributed by atoms with Crippen LogP contribution in [-0.4, -0.2) is 51.4 Å². The number of carbonyl (C=O) groups excluding carboxylic acids is 1. The first kappa shape index (κ1) is 17.2. The first-order valence-corrected chi connectivity index (χ1v) is 9.40. The van der Waals surface area contributed by atoms with Crippen molar-refractivity contribution in [3.05, 3.63) is 59.7 Å². The zero-order chi connectivity index (χ0) is 18.1. The van der Waals surface area contributed by atoms with Gasteiger partial charge in [-0.15, -0.1) is 0 Å². The number of aryl methyl sites for hydroxylation is 1. The Morgan fingerprint density at radius 3 is 2.69 bits per heavy atom. The topological polar surface area (TPSA) is 49.3 Å². The molecule has 2 aliphatic rings. The highest BCUT2D eigenvalue weighted by molar-refractivity contribution is 5.86. The lowest BCUT2D eigenvalue weighted by molar-refractivity contribution is -0.131. The molecule has 1 amide bonds. The Hall–Kier alpha value is -2.27. The number of hydrogen-bond acceptors (Lipinski definition) is 4. The van der Waals surface area contributed by atoms with Crippen molar-refractivity contribution in [2.24, 2.45) is 0 Å². The van der Waals surface area contributed by atoms with E-state index in [2.05, 4.69) is 27.0 Å². The molecular weight excluding hydrogens is 324 g/mol. The van der Waals surface area contributed by atoms with Crippen molar-refractivity contribution >= 4 is 5.91 Å². The van der Waals surface area contributed by atoms with Crippen LogP contribution in [0.4, 0.5) is 0 Å². The summed E-state index contributed by atoms with van der Waals surface area (Å²) in [6.07, 6.45) is 6.56. The van der Waals surface area contributed by atoms with E-state index in [-0.39, 0.29) is 17.4 Å². The van der Waals surface area contributed by atoms with Gasteiger partial charge in [-0.25, -0.2) is 0 Å².